The zero-order chi connectivity index (χ0) is 7.56. The Hall–Kier alpha value is -0.0800. The molecular formula is C8H18N2. The highest BCUT2D eigenvalue weighted by molar-refractivity contribution is 4.85. The van der Waals surface area contributed by atoms with E-state index in [9.17, 15) is 0 Å². The first-order valence-electron chi connectivity index (χ1n) is 4.14. The van der Waals surface area contributed by atoms with Crippen molar-refractivity contribution in [3.8, 4) is 0 Å². The van der Waals surface area contributed by atoms with E-state index in [1.54, 1.807) is 0 Å². The molecule has 0 spiro atoms. The summed E-state index contributed by atoms with van der Waals surface area (Å²) in [5.41, 5.74) is 5.89. The van der Waals surface area contributed by atoms with E-state index in [1.165, 1.54) is 12.8 Å². The van der Waals surface area contributed by atoms with Crippen LogP contribution in [0.4, 0.5) is 0 Å². The average Bonchev–Trinajstić information content (AvgIpc) is 1.82. The molecule has 0 aromatic heterocycles. The summed E-state index contributed by atoms with van der Waals surface area (Å²) in [7, 11) is 1.96. The van der Waals surface area contributed by atoms with Crippen LogP contribution >= 0.6 is 0 Å². The fourth-order valence-corrected chi connectivity index (χ4v) is 1.72. The third-order valence-electron chi connectivity index (χ3n) is 2.46. The summed E-state index contributed by atoms with van der Waals surface area (Å²) in [5.74, 6) is 1.72. The second-order valence-corrected chi connectivity index (χ2v) is 3.56. The fraction of sp³-hybridized carbons (Fsp3) is 1.00. The lowest BCUT2D eigenvalue weighted by molar-refractivity contribution is 0.176. The zero-order valence-electron chi connectivity index (χ0n) is 6.93. The van der Waals surface area contributed by atoms with E-state index in [1.807, 2.05) is 7.05 Å². The van der Waals surface area contributed by atoms with E-state index in [0.29, 0.717) is 6.04 Å². The first-order valence-corrected chi connectivity index (χ1v) is 4.14. The van der Waals surface area contributed by atoms with Crippen LogP contribution < -0.4 is 11.1 Å². The van der Waals surface area contributed by atoms with Crippen LogP contribution in [0.2, 0.25) is 0 Å². The molecule has 0 amide bonds. The van der Waals surface area contributed by atoms with Crippen molar-refractivity contribution in [2.24, 2.45) is 17.6 Å². The van der Waals surface area contributed by atoms with Crippen LogP contribution in [0.1, 0.15) is 19.8 Å². The average molecular weight is 142 g/mol. The van der Waals surface area contributed by atoms with E-state index >= 15 is 0 Å². The number of hydrogen-bond donors (Lipinski definition) is 2. The molecule has 0 aliphatic heterocycles. The predicted molar refractivity (Wildman–Crippen MR) is 43.8 cm³/mol. The monoisotopic (exact) mass is 142 g/mol. The van der Waals surface area contributed by atoms with Gasteiger partial charge in [0.2, 0.25) is 0 Å². The minimum atomic E-state index is 0.390. The van der Waals surface area contributed by atoms with Gasteiger partial charge in [-0.2, -0.15) is 0 Å². The molecule has 0 saturated heterocycles. The maximum absolute atomic E-state index is 5.89. The predicted octanol–water partition coefficient (Wildman–Crippen LogP) is 0.579. The quantitative estimate of drug-likeness (QED) is 0.605. The summed E-state index contributed by atoms with van der Waals surface area (Å²) >= 11 is 0. The lowest BCUT2D eigenvalue weighted by Crippen LogP contribution is -2.44. The molecule has 0 radical (unpaired) electrons. The van der Waals surface area contributed by atoms with Gasteiger partial charge in [0.25, 0.3) is 0 Å². The molecule has 1 rings (SSSR count). The van der Waals surface area contributed by atoms with Crippen LogP contribution in [0, 0.1) is 11.8 Å². The summed E-state index contributed by atoms with van der Waals surface area (Å²) < 4.78 is 0. The van der Waals surface area contributed by atoms with Crippen LogP contribution in [-0.2, 0) is 0 Å². The molecule has 2 heteroatoms. The third-order valence-corrected chi connectivity index (χ3v) is 2.46. The van der Waals surface area contributed by atoms with Crippen LogP contribution in [0.5, 0.6) is 0 Å². The molecule has 10 heavy (non-hydrogen) atoms. The number of nitrogens with one attached hydrogen (secondary N) is 1. The molecule has 0 heterocycles. The van der Waals surface area contributed by atoms with Gasteiger partial charge in [-0.3, -0.25) is 0 Å². The van der Waals surface area contributed by atoms with Crippen molar-refractivity contribution in [1.82, 2.24) is 5.32 Å². The van der Waals surface area contributed by atoms with Crippen LogP contribution in [0.3, 0.4) is 0 Å². The van der Waals surface area contributed by atoms with Crippen molar-refractivity contribution in [3.63, 3.8) is 0 Å². The van der Waals surface area contributed by atoms with Gasteiger partial charge in [0.05, 0.1) is 0 Å². The minimum absolute atomic E-state index is 0.390. The van der Waals surface area contributed by atoms with Crippen LogP contribution in [0.25, 0.3) is 0 Å². The molecule has 1 aliphatic rings. The highest BCUT2D eigenvalue weighted by Gasteiger charge is 2.29. The highest BCUT2D eigenvalue weighted by Crippen LogP contribution is 2.34. The third kappa shape index (κ3) is 1.70. The molecule has 1 aliphatic carbocycles. The van der Waals surface area contributed by atoms with Gasteiger partial charge in [0.1, 0.15) is 0 Å². The number of hydrogen-bond acceptors (Lipinski definition) is 2. The Labute approximate surface area is 63.2 Å². The lowest BCUT2D eigenvalue weighted by atomic mass is 9.72. The molecule has 60 valence electrons. The van der Waals surface area contributed by atoms with Gasteiger partial charge in [-0.25, -0.2) is 0 Å². The summed E-state index contributed by atoms with van der Waals surface area (Å²) in [6.45, 7) is 3.26. The Bertz CT molecular complexity index is 94.7. The molecule has 0 aromatic rings. The summed E-state index contributed by atoms with van der Waals surface area (Å²) in [4.78, 5) is 0. The summed E-state index contributed by atoms with van der Waals surface area (Å²) in [6, 6.07) is 0.390. The molecule has 1 atom stereocenters. The molecule has 2 nitrogen and oxygen atoms in total. The first kappa shape index (κ1) is 8.02. The normalized spacial score (nSPS) is 35.1. The maximum Gasteiger partial charge on any atom is 0.0194 e. The van der Waals surface area contributed by atoms with Crippen LogP contribution in [-0.4, -0.2) is 19.6 Å². The van der Waals surface area contributed by atoms with Gasteiger partial charge in [0.15, 0.2) is 0 Å². The van der Waals surface area contributed by atoms with E-state index in [2.05, 4.69) is 12.2 Å². The molecule has 0 aromatic carbocycles. The van der Waals surface area contributed by atoms with Gasteiger partial charge in [-0.15, -0.1) is 0 Å². The van der Waals surface area contributed by atoms with Crippen molar-refractivity contribution in [1.29, 1.82) is 0 Å². The molecule has 1 fully saturated rings. The van der Waals surface area contributed by atoms with Gasteiger partial charge >= 0.3 is 0 Å². The summed E-state index contributed by atoms with van der Waals surface area (Å²) in [6.07, 6.45) is 2.67. The van der Waals surface area contributed by atoms with Gasteiger partial charge in [-0.05, 0) is 31.7 Å². The topological polar surface area (TPSA) is 38.0 Å². The van der Waals surface area contributed by atoms with Gasteiger partial charge in [0, 0.05) is 12.6 Å². The van der Waals surface area contributed by atoms with Crippen molar-refractivity contribution >= 4 is 0 Å². The second kappa shape index (κ2) is 3.35. The minimum Gasteiger partial charge on any atom is -0.326 e. The van der Waals surface area contributed by atoms with E-state index in [4.69, 9.17) is 5.73 Å². The Morgan fingerprint density at radius 1 is 1.60 bits per heavy atom. The number of nitrogens with two attached hydrogens (primary N) is 1. The SMILES string of the molecule is CNCC(N)C1CC(C)C1. The molecular weight excluding hydrogens is 124 g/mol. The van der Waals surface area contributed by atoms with Gasteiger partial charge in [-0.1, -0.05) is 6.92 Å². The summed E-state index contributed by atoms with van der Waals surface area (Å²) in [5, 5.41) is 3.11. The first-order chi connectivity index (χ1) is 4.74. The Morgan fingerprint density at radius 3 is 2.60 bits per heavy atom. The number of rotatable bonds is 3. The van der Waals surface area contributed by atoms with Crippen molar-refractivity contribution in [2.45, 2.75) is 25.8 Å². The fourth-order valence-electron chi connectivity index (χ4n) is 1.72. The smallest absolute Gasteiger partial charge is 0.0194 e. The van der Waals surface area contributed by atoms with Crippen LogP contribution in [0.15, 0.2) is 0 Å². The Balaban J connectivity index is 2.11. The van der Waals surface area contributed by atoms with E-state index in [0.717, 1.165) is 18.4 Å². The van der Waals surface area contributed by atoms with E-state index in [-0.39, 0.29) is 0 Å². The highest BCUT2D eigenvalue weighted by atomic mass is 14.9. The van der Waals surface area contributed by atoms with Crippen molar-refractivity contribution in [2.75, 3.05) is 13.6 Å². The molecule has 0 bridgehead atoms. The Kier molecular flexibility index (Phi) is 2.69. The lowest BCUT2D eigenvalue weighted by Gasteiger charge is -2.36. The van der Waals surface area contributed by atoms with E-state index < -0.39 is 0 Å². The van der Waals surface area contributed by atoms with Crippen molar-refractivity contribution in [3.05, 3.63) is 0 Å². The van der Waals surface area contributed by atoms with Crippen molar-refractivity contribution < 1.29 is 0 Å². The Morgan fingerprint density at radius 2 is 2.20 bits per heavy atom. The largest absolute Gasteiger partial charge is 0.326 e. The van der Waals surface area contributed by atoms with Gasteiger partial charge < -0.3 is 11.1 Å². The molecule has 1 unspecified atom stereocenters. The molecule has 3 N–H and O–H groups in total. The maximum atomic E-state index is 5.89. The molecule has 1 saturated carbocycles. The second-order valence-electron chi connectivity index (χ2n) is 3.56. The number of likely N-dealkylation sites (N-methyl/N-ethyl adjacent to an activating group) is 1. The standard InChI is InChI=1S/C8H18N2/c1-6-3-7(4-6)8(9)5-10-2/h6-8,10H,3-5,9H2,1-2H3. The zero-order valence-corrected chi connectivity index (χ0v) is 6.93.